The zero-order valence-corrected chi connectivity index (χ0v) is 21.8. The van der Waals surface area contributed by atoms with Gasteiger partial charge in [-0.25, -0.2) is 0 Å². The van der Waals surface area contributed by atoms with Gasteiger partial charge in [-0.2, -0.15) is 21.6 Å². The molecule has 0 radical (unpaired) electrons. The van der Waals surface area contributed by atoms with Crippen molar-refractivity contribution in [3.05, 3.63) is 52.6 Å². The van der Waals surface area contributed by atoms with Crippen molar-refractivity contribution < 1.29 is 40.8 Å². The van der Waals surface area contributed by atoms with Crippen molar-refractivity contribution in [2.75, 3.05) is 0 Å². The molecule has 6 nitrogen and oxygen atoms in total. The summed E-state index contributed by atoms with van der Waals surface area (Å²) < 4.78 is 65.6. The molecule has 0 aromatic heterocycles. The average molecular weight is 551 g/mol. The lowest BCUT2D eigenvalue weighted by atomic mass is 9.51. The molecular weight excluding hydrogens is 521 g/mol. The Bertz CT molecular complexity index is 1400. The highest BCUT2D eigenvalue weighted by Crippen LogP contribution is 2.66. The Balaban J connectivity index is 1.61. The van der Waals surface area contributed by atoms with Gasteiger partial charge in [0, 0.05) is 17.8 Å². The Labute approximate surface area is 219 Å². The van der Waals surface area contributed by atoms with Crippen LogP contribution >= 0.6 is 0 Å². The first-order valence-corrected chi connectivity index (χ1v) is 14.0. The lowest BCUT2D eigenvalue weighted by Gasteiger charge is -2.53. The zero-order valence-electron chi connectivity index (χ0n) is 21.0. The largest absolute Gasteiger partial charge is 0.534 e. The van der Waals surface area contributed by atoms with Gasteiger partial charge in [0.1, 0.15) is 5.75 Å². The highest BCUT2D eigenvalue weighted by molar-refractivity contribution is 7.88. The Morgan fingerprint density at radius 1 is 1.13 bits per heavy atom. The summed E-state index contributed by atoms with van der Waals surface area (Å²) in [6, 6.07) is 5.47. The Morgan fingerprint density at radius 3 is 2.45 bits per heavy atom. The van der Waals surface area contributed by atoms with Crippen LogP contribution in [-0.2, 0) is 14.9 Å². The normalized spacial score (nSPS) is 34.9. The third kappa shape index (κ3) is 4.02. The molecule has 0 bridgehead atoms. The molecule has 0 aliphatic heterocycles. The molecule has 1 aromatic carbocycles. The van der Waals surface area contributed by atoms with Gasteiger partial charge < -0.3 is 14.4 Å². The Kier molecular flexibility index (Phi) is 6.37. The van der Waals surface area contributed by atoms with E-state index in [-0.39, 0.29) is 23.5 Å². The smallest absolute Gasteiger partial charge is 0.389 e. The van der Waals surface area contributed by atoms with E-state index in [9.17, 15) is 36.6 Å². The summed E-state index contributed by atoms with van der Waals surface area (Å²) >= 11 is 0. The van der Waals surface area contributed by atoms with Crippen LogP contribution in [0.5, 0.6) is 5.75 Å². The van der Waals surface area contributed by atoms with Crippen molar-refractivity contribution >= 4 is 15.9 Å². The minimum atomic E-state index is -5.80. The quantitative estimate of drug-likeness (QED) is 0.326. The van der Waals surface area contributed by atoms with Crippen molar-refractivity contribution in [2.24, 2.45) is 17.3 Å². The van der Waals surface area contributed by atoms with Gasteiger partial charge in [0.2, 0.25) is 0 Å². The first-order chi connectivity index (χ1) is 17.7. The van der Waals surface area contributed by atoms with Gasteiger partial charge in [-0.3, -0.25) is 4.79 Å². The fourth-order valence-electron chi connectivity index (χ4n) is 7.32. The number of hydrogen-bond donors (Lipinski definition) is 2. The second-order valence-corrected chi connectivity index (χ2v) is 12.5. The molecule has 2 fully saturated rings. The van der Waals surface area contributed by atoms with Crippen molar-refractivity contribution in [3.8, 4) is 17.6 Å². The molecule has 0 unspecified atom stereocenters. The number of halogens is 3. The van der Waals surface area contributed by atoms with Crippen LogP contribution in [0, 0.1) is 29.1 Å². The lowest BCUT2D eigenvalue weighted by Crippen LogP contribution is -2.54. The summed E-state index contributed by atoms with van der Waals surface area (Å²) in [5, 5.41) is 22.7. The van der Waals surface area contributed by atoms with Crippen molar-refractivity contribution in [2.45, 2.75) is 75.5 Å². The second kappa shape index (κ2) is 8.97. The highest BCUT2D eigenvalue weighted by Gasteiger charge is 2.66. The first-order valence-electron chi connectivity index (χ1n) is 12.6. The van der Waals surface area contributed by atoms with Crippen LogP contribution in [0.2, 0.25) is 0 Å². The van der Waals surface area contributed by atoms with Gasteiger partial charge in [-0.05, 0) is 85.8 Å². The molecule has 38 heavy (non-hydrogen) atoms. The zero-order chi connectivity index (χ0) is 27.7. The maximum atomic E-state index is 12.8. The fraction of sp³-hybridized carbons (Fsp3) is 0.536. The number of aliphatic hydroxyl groups excluding tert-OH is 1. The topological polar surface area (TPSA) is 101 Å². The number of benzene rings is 1. The molecule has 10 heteroatoms. The molecule has 2 N–H and O–H groups in total. The third-order valence-corrected chi connectivity index (χ3v) is 10.0. The first kappa shape index (κ1) is 27.0. The molecule has 0 spiro atoms. The maximum Gasteiger partial charge on any atom is 0.534 e. The van der Waals surface area contributed by atoms with Crippen LogP contribution in [-0.4, -0.2) is 41.6 Å². The number of carbonyl (C=O) groups excluding carboxylic acids is 1. The minimum absolute atomic E-state index is 0.0166. The van der Waals surface area contributed by atoms with Crippen LogP contribution in [0.4, 0.5) is 13.2 Å². The number of alkyl halides is 3. The molecule has 0 saturated heterocycles. The summed E-state index contributed by atoms with van der Waals surface area (Å²) in [6.45, 7) is 3.55. The van der Waals surface area contributed by atoms with E-state index in [1.54, 1.807) is 25.1 Å². The predicted octanol–water partition coefficient (Wildman–Crippen LogP) is 4.54. The van der Waals surface area contributed by atoms with Crippen molar-refractivity contribution in [1.82, 2.24) is 0 Å². The van der Waals surface area contributed by atoms with Gasteiger partial charge in [0.25, 0.3) is 0 Å². The molecule has 0 amide bonds. The van der Waals surface area contributed by atoms with Crippen molar-refractivity contribution in [1.29, 1.82) is 0 Å². The van der Waals surface area contributed by atoms with E-state index in [1.165, 1.54) is 12.1 Å². The number of allylic oxidation sites excluding steroid dienone is 4. The van der Waals surface area contributed by atoms with E-state index < -0.39 is 38.5 Å². The maximum absolute atomic E-state index is 12.8. The molecule has 4 aliphatic carbocycles. The Hall–Kier alpha value is -2.61. The van der Waals surface area contributed by atoms with E-state index in [0.717, 1.165) is 28.7 Å². The number of carbonyl (C=O) groups is 1. The lowest BCUT2D eigenvalue weighted by molar-refractivity contribution is -0.114. The molecule has 5 rings (SSSR count). The summed E-state index contributed by atoms with van der Waals surface area (Å²) in [4.78, 5) is 12.2. The summed E-state index contributed by atoms with van der Waals surface area (Å²) in [5.74, 6) is 4.95. The van der Waals surface area contributed by atoms with Gasteiger partial charge in [0.15, 0.2) is 11.4 Å². The predicted molar refractivity (Wildman–Crippen MR) is 132 cm³/mol. The van der Waals surface area contributed by atoms with E-state index in [1.807, 2.05) is 6.92 Å². The summed E-state index contributed by atoms with van der Waals surface area (Å²) in [6.07, 6.45) is 3.89. The van der Waals surface area contributed by atoms with Crippen LogP contribution in [0.25, 0.3) is 0 Å². The average Bonchev–Trinajstić information content (AvgIpc) is 3.03. The van der Waals surface area contributed by atoms with E-state index >= 15 is 0 Å². The number of fused-ring (bicyclic) bond motifs is 4. The van der Waals surface area contributed by atoms with Crippen molar-refractivity contribution in [3.63, 3.8) is 0 Å². The van der Waals surface area contributed by atoms with Crippen LogP contribution in [0.3, 0.4) is 0 Å². The molecule has 4 aliphatic rings. The molecule has 0 heterocycles. The molecular formula is C28H29F3O6S. The monoisotopic (exact) mass is 550 g/mol. The minimum Gasteiger partial charge on any atom is -0.389 e. The van der Waals surface area contributed by atoms with E-state index in [2.05, 4.69) is 16.0 Å². The van der Waals surface area contributed by atoms with Gasteiger partial charge in [-0.1, -0.05) is 30.6 Å². The number of aliphatic hydroxyl groups is 2. The Morgan fingerprint density at radius 2 is 1.82 bits per heavy atom. The molecule has 204 valence electrons. The van der Waals surface area contributed by atoms with Crippen LogP contribution < -0.4 is 4.18 Å². The summed E-state index contributed by atoms with van der Waals surface area (Å²) in [7, 11) is -5.80. The third-order valence-electron chi connectivity index (χ3n) is 9.04. The standard InChI is InChI=1S/C28H29F3O6S/c1-3-12-27(34)24(33)14-23-21-10-6-17-13-18(32)7-11-20(17)25(21)22(15-26(23,27)2)16-4-8-19(9-5-16)37-38(35,36)28(29,30)31/h4-5,8-9,13,21-24,33-34H,6-7,10-11,14-15H2,1-2H3/t21-,22+,23-,24+,26-,27-/m0/s1. The van der Waals surface area contributed by atoms with Crippen LogP contribution in [0.15, 0.2) is 47.1 Å². The summed E-state index contributed by atoms with van der Waals surface area (Å²) in [5.41, 5.74) is -4.00. The van der Waals surface area contributed by atoms with Crippen LogP contribution in [0.1, 0.15) is 63.9 Å². The number of hydrogen-bond acceptors (Lipinski definition) is 6. The molecule has 2 saturated carbocycles. The molecule has 1 aromatic rings. The molecule has 6 atom stereocenters. The fourth-order valence-corrected chi connectivity index (χ4v) is 7.78. The van der Waals surface area contributed by atoms with Gasteiger partial charge in [-0.15, -0.1) is 5.92 Å². The number of ketones is 1. The van der Waals surface area contributed by atoms with E-state index in [0.29, 0.717) is 32.1 Å². The SMILES string of the molecule is CC#C[C@]1(O)[C@H](O)C[C@H]2[C@@H]3CCC4=CC(=O)CCC4=C3[C@@H](c3ccc(OS(=O)(=O)C(F)(F)F)cc3)C[C@@]21C. The highest BCUT2D eigenvalue weighted by atomic mass is 32.2. The van der Waals surface area contributed by atoms with Gasteiger partial charge >= 0.3 is 15.6 Å². The van der Waals surface area contributed by atoms with Gasteiger partial charge in [0.05, 0.1) is 6.10 Å². The second-order valence-electron chi connectivity index (χ2n) is 10.9. The number of rotatable bonds is 3. The van der Waals surface area contributed by atoms with E-state index in [4.69, 9.17) is 0 Å².